The highest BCUT2D eigenvalue weighted by Gasteiger charge is 2.34. The van der Waals surface area contributed by atoms with Crippen molar-refractivity contribution >= 4 is 44.8 Å². The van der Waals surface area contributed by atoms with E-state index in [1.165, 1.54) is 0 Å². The second-order valence-electron chi connectivity index (χ2n) is 6.82. The number of carbonyl (C=O) groups excluding carboxylic acids is 2. The predicted octanol–water partition coefficient (Wildman–Crippen LogP) is 3.24. The summed E-state index contributed by atoms with van der Waals surface area (Å²) in [5.41, 5.74) is 3.96. The van der Waals surface area contributed by atoms with E-state index >= 15 is 0 Å². The number of aromatic nitrogens is 2. The fourth-order valence-electron chi connectivity index (χ4n) is 3.96. The van der Waals surface area contributed by atoms with Crippen molar-refractivity contribution in [3.63, 3.8) is 0 Å². The molecular weight excluding hydrogens is 354 g/mol. The molecule has 0 radical (unpaired) electrons. The Morgan fingerprint density at radius 3 is 2.54 bits per heavy atom. The summed E-state index contributed by atoms with van der Waals surface area (Å²) >= 11 is 0. The lowest BCUT2D eigenvalue weighted by molar-refractivity contribution is -0.122. The summed E-state index contributed by atoms with van der Waals surface area (Å²) < 4.78 is 7.29. The molecule has 2 aromatic heterocycles. The molecule has 0 atom stereocenters. The van der Waals surface area contributed by atoms with E-state index < -0.39 is 5.91 Å². The number of aromatic amines is 1. The van der Waals surface area contributed by atoms with Crippen LogP contribution in [-0.2, 0) is 16.6 Å². The zero-order chi connectivity index (χ0) is 19.4. The van der Waals surface area contributed by atoms with E-state index in [2.05, 4.69) is 10.3 Å². The first kappa shape index (κ1) is 16.4. The first-order chi connectivity index (χ1) is 13.6. The summed E-state index contributed by atoms with van der Waals surface area (Å²) in [5, 5.41) is 4.31. The Bertz CT molecular complexity index is 1320. The van der Waals surface area contributed by atoms with Gasteiger partial charge in [0.1, 0.15) is 5.75 Å². The van der Waals surface area contributed by atoms with Crippen molar-refractivity contribution in [2.45, 2.75) is 0 Å². The van der Waals surface area contributed by atoms with Crippen molar-refractivity contribution in [3.05, 3.63) is 66.0 Å². The first-order valence-electron chi connectivity index (χ1n) is 8.88. The number of benzene rings is 2. The van der Waals surface area contributed by atoms with Crippen molar-refractivity contribution in [1.29, 1.82) is 0 Å². The van der Waals surface area contributed by atoms with Gasteiger partial charge in [-0.05, 0) is 24.3 Å². The van der Waals surface area contributed by atoms with Crippen LogP contribution < -0.4 is 10.1 Å². The van der Waals surface area contributed by atoms with Gasteiger partial charge in [0.25, 0.3) is 11.8 Å². The van der Waals surface area contributed by atoms with Gasteiger partial charge < -0.3 is 14.3 Å². The maximum atomic E-state index is 12.8. The van der Waals surface area contributed by atoms with Crippen LogP contribution in [0.5, 0.6) is 5.75 Å². The lowest BCUT2D eigenvalue weighted by Crippen LogP contribution is -2.22. The highest BCUT2D eigenvalue weighted by atomic mass is 16.5. The normalized spacial score (nSPS) is 14.4. The second-order valence-corrected chi connectivity index (χ2v) is 6.82. The van der Waals surface area contributed by atoms with Crippen LogP contribution >= 0.6 is 0 Å². The number of imide groups is 1. The third kappa shape index (κ3) is 2.21. The smallest absolute Gasteiger partial charge is 0.259 e. The maximum absolute atomic E-state index is 12.8. The predicted molar refractivity (Wildman–Crippen MR) is 108 cm³/mol. The molecule has 1 aliphatic rings. The lowest BCUT2D eigenvalue weighted by atomic mass is 9.94. The van der Waals surface area contributed by atoms with E-state index in [-0.39, 0.29) is 5.91 Å². The van der Waals surface area contributed by atoms with Gasteiger partial charge in [0.05, 0.1) is 23.8 Å². The van der Waals surface area contributed by atoms with Gasteiger partial charge in [-0.3, -0.25) is 14.9 Å². The number of fused-ring (bicyclic) bond motifs is 2. The van der Waals surface area contributed by atoms with E-state index in [0.717, 1.165) is 27.4 Å². The molecule has 28 heavy (non-hydrogen) atoms. The zero-order valence-electron chi connectivity index (χ0n) is 15.4. The quantitative estimate of drug-likeness (QED) is 0.543. The third-order valence-electron chi connectivity index (χ3n) is 5.26. The molecule has 3 heterocycles. The van der Waals surface area contributed by atoms with E-state index in [4.69, 9.17) is 4.74 Å². The summed E-state index contributed by atoms with van der Waals surface area (Å²) in [6.07, 6.45) is 3.71. The van der Waals surface area contributed by atoms with Gasteiger partial charge in [0, 0.05) is 46.9 Å². The molecular formula is C22H17N3O3. The molecule has 4 aromatic rings. The average Bonchev–Trinajstić information content (AvgIpc) is 3.36. The number of ether oxygens (including phenoxy) is 1. The highest BCUT2D eigenvalue weighted by molar-refractivity contribution is 6.50. The molecule has 6 heteroatoms. The minimum absolute atomic E-state index is 0.373. The van der Waals surface area contributed by atoms with Gasteiger partial charge in [0.15, 0.2) is 0 Å². The van der Waals surface area contributed by atoms with Crippen molar-refractivity contribution in [1.82, 2.24) is 14.9 Å². The molecule has 1 aliphatic heterocycles. The number of amides is 2. The number of nitrogens with one attached hydrogen (secondary N) is 2. The summed E-state index contributed by atoms with van der Waals surface area (Å²) in [6.45, 7) is 0. The molecule has 2 amide bonds. The average molecular weight is 371 g/mol. The number of hydrogen-bond acceptors (Lipinski definition) is 3. The summed E-state index contributed by atoms with van der Waals surface area (Å²) in [4.78, 5) is 28.8. The van der Waals surface area contributed by atoms with Gasteiger partial charge in [0.2, 0.25) is 0 Å². The zero-order valence-corrected chi connectivity index (χ0v) is 15.4. The molecule has 0 spiro atoms. The van der Waals surface area contributed by atoms with E-state index in [9.17, 15) is 9.59 Å². The molecule has 5 rings (SSSR count). The van der Waals surface area contributed by atoms with Crippen molar-refractivity contribution in [2.24, 2.45) is 7.05 Å². The van der Waals surface area contributed by atoms with Crippen LogP contribution in [0.3, 0.4) is 0 Å². The summed E-state index contributed by atoms with van der Waals surface area (Å²) in [7, 11) is 3.53. The molecule has 0 fully saturated rings. The van der Waals surface area contributed by atoms with Crippen LogP contribution in [0.4, 0.5) is 0 Å². The van der Waals surface area contributed by atoms with Gasteiger partial charge in [-0.25, -0.2) is 0 Å². The van der Waals surface area contributed by atoms with Gasteiger partial charge in [-0.15, -0.1) is 0 Å². The van der Waals surface area contributed by atoms with E-state index in [1.807, 2.05) is 60.3 Å². The maximum Gasteiger partial charge on any atom is 0.259 e. The van der Waals surface area contributed by atoms with Crippen LogP contribution in [0, 0.1) is 0 Å². The molecule has 138 valence electrons. The third-order valence-corrected chi connectivity index (χ3v) is 5.26. The Hall–Kier alpha value is -3.80. The molecule has 0 saturated carbocycles. The number of methoxy groups -OCH3 is 1. The Morgan fingerprint density at radius 2 is 1.75 bits per heavy atom. The molecule has 0 unspecified atom stereocenters. The molecule has 6 nitrogen and oxygen atoms in total. The number of para-hydroxylation sites is 1. The first-order valence-corrected chi connectivity index (χ1v) is 8.88. The van der Waals surface area contributed by atoms with Crippen LogP contribution in [0.15, 0.2) is 54.9 Å². The molecule has 0 saturated heterocycles. The monoisotopic (exact) mass is 371 g/mol. The van der Waals surface area contributed by atoms with Crippen LogP contribution in [-0.4, -0.2) is 28.5 Å². The second kappa shape index (κ2) is 5.85. The Balaban J connectivity index is 1.85. The highest BCUT2D eigenvalue weighted by Crippen LogP contribution is 2.38. The van der Waals surface area contributed by atoms with Crippen LogP contribution in [0.1, 0.15) is 11.1 Å². The minimum Gasteiger partial charge on any atom is -0.497 e. The van der Waals surface area contributed by atoms with Crippen LogP contribution in [0.25, 0.3) is 33.0 Å². The van der Waals surface area contributed by atoms with E-state index in [1.54, 1.807) is 13.3 Å². The Labute approximate surface area is 160 Å². The number of nitrogens with zero attached hydrogens (tertiary/aromatic N) is 1. The number of rotatable bonds is 3. The van der Waals surface area contributed by atoms with Gasteiger partial charge in [-0.1, -0.05) is 18.2 Å². The number of H-pyrrole nitrogens is 1. The largest absolute Gasteiger partial charge is 0.497 e. The van der Waals surface area contributed by atoms with Crippen molar-refractivity contribution in [3.8, 4) is 5.75 Å². The fourth-order valence-corrected chi connectivity index (χ4v) is 3.96. The van der Waals surface area contributed by atoms with Gasteiger partial charge >= 0.3 is 0 Å². The van der Waals surface area contributed by atoms with Gasteiger partial charge in [-0.2, -0.15) is 0 Å². The topological polar surface area (TPSA) is 76.1 Å². The van der Waals surface area contributed by atoms with E-state index in [0.29, 0.717) is 22.5 Å². The van der Waals surface area contributed by atoms with Crippen molar-refractivity contribution in [2.75, 3.05) is 7.11 Å². The fraction of sp³-hybridized carbons (Fsp3) is 0.0909. The van der Waals surface area contributed by atoms with Crippen molar-refractivity contribution < 1.29 is 14.3 Å². The number of carbonyl (C=O) groups is 2. The number of hydrogen-bond donors (Lipinski definition) is 2. The number of aryl methyl sites for hydroxylation is 1. The minimum atomic E-state index is -0.394. The Morgan fingerprint density at radius 1 is 0.964 bits per heavy atom. The van der Waals surface area contributed by atoms with Crippen LogP contribution in [0.2, 0.25) is 0 Å². The standard InChI is InChI=1S/C22H17N3O3/c1-25-9-8-12-4-3-5-14(20(12)25)18-19(22(27)24-21(18)26)16-11-23-17-7-6-13(28-2)10-15(16)17/h3-11,23H,1-2H3,(H,24,26,27). The SMILES string of the molecule is COc1ccc2[nH]cc(C3=C(c4cccc5ccn(C)c45)C(=O)NC3=O)c2c1. The molecule has 0 bridgehead atoms. The summed E-state index contributed by atoms with van der Waals surface area (Å²) in [6, 6.07) is 13.4. The molecule has 2 N–H and O–H groups in total. The summed E-state index contributed by atoms with van der Waals surface area (Å²) in [5.74, 6) is -0.0920. The molecule has 2 aromatic carbocycles. The lowest BCUT2D eigenvalue weighted by Gasteiger charge is -2.08. The molecule has 0 aliphatic carbocycles. The Kier molecular flexibility index (Phi) is 3.42.